The summed E-state index contributed by atoms with van der Waals surface area (Å²) in [4.78, 5) is 13.4. The monoisotopic (exact) mass is 169 g/mol. The van der Waals surface area contributed by atoms with Crippen LogP contribution in [0.5, 0.6) is 0 Å². The van der Waals surface area contributed by atoms with Crippen molar-refractivity contribution in [3.05, 3.63) is 0 Å². The molecule has 2 heteroatoms. The van der Waals surface area contributed by atoms with Crippen LogP contribution in [-0.4, -0.2) is 22.9 Å². The molecule has 0 bridgehead atoms. The molecule has 0 aliphatic carbocycles. The molecular weight excluding hydrogens is 150 g/mol. The zero-order valence-corrected chi connectivity index (χ0v) is 8.77. The van der Waals surface area contributed by atoms with Gasteiger partial charge in [-0.05, 0) is 13.8 Å². The van der Waals surface area contributed by atoms with E-state index < -0.39 is 0 Å². The number of hydrogen-bond donors (Lipinski definition) is 0. The number of carbonyl (C=O) groups is 1. The van der Waals surface area contributed by atoms with Crippen molar-refractivity contribution >= 4 is 5.91 Å². The van der Waals surface area contributed by atoms with Gasteiger partial charge < -0.3 is 4.90 Å². The fraction of sp³-hybridized carbons (Fsp3) is 0.900. The SMILES string of the molecule is CCC(=O)N1CC(C)(C)C1(C)C. The molecule has 1 amide bonds. The Hall–Kier alpha value is -0.530. The number of likely N-dealkylation sites (tertiary alicyclic amines) is 1. The molecule has 0 saturated carbocycles. The molecule has 12 heavy (non-hydrogen) atoms. The molecule has 1 aliphatic heterocycles. The third kappa shape index (κ3) is 1.05. The predicted molar refractivity (Wildman–Crippen MR) is 49.9 cm³/mol. The molecule has 1 aliphatic rings. The second kappa shape index (κ2) is 2.48. The van der Waals surface area contributed by atoms with E-state index in [4.69, 9.17) is 0 Å². The molecule has 1 fully saturated rings. The minimum absolute atomic E-state index is 0.0418. The summed E-state index contributed by atoms with van der Waals surface area (Å²) in [6, 6.07) is 0. The third-order valence-corrected chi connectivity index (χ3v) is 3.49. The molecule has 2 nitrogen and oxygen atoms in total. The van der Waals surface area contributed by atoms with Crippen LogP contribution in [-0.2, 0) is 4.79 Å². The Morgan fingerprint density at radius 1 is 1.33 bits per heavy atom. The highest BCUT2D eigenvalue weighted by Gasteiger charge is 2.53. The lowest BCUT2D eigenvalue weighted by atomic mass is 9.65. The number of amides is 1. The number of rotatable bonds is 1. The highest BCUT2D eigenvalue weighted by molar-refractivity contribution is 5.78. The van der Waals surface area contributed by atoms with E-state index in [0.717, 1.165) is 6.54 Å². The molecule has 0 unspecified atom stereocenters. The minimum Gasteiger partial charge on any atom is -0.336 e. The van der Waals surface area contributed by atoms with E-state index in [1.807, 2.05) is 11.8 Å². The summed E-state index contributed by atoms with van der Waals surface area (Å²) in [5, 5.41) is 0. The summed E-state index contributed by atoms with van der Waals surface area (Å²) >= 11 is 0. The van der Waals surface area contributed by atoms with Crippen molar-refractivity contribution in [2.75, 3.05) is 6.54 Å². The van der Waals surface area contributed by atoms with Crippen LogP contribution in [0, 0.1) is 5.41 Å². The summed E-state index contributed by atoms with van der Waals surface area (Å²) in [5.41, 5.74) is 0.317. The first-order valence-electron chi connectivity index (χ1n) is 4.63. The van der Waals surface area contributed by atoms with Crippen LogP contribution < -0.4 is 0 Å². The fourth-order valence-electron chi connectivity index (χ4n) is 1.65. The molecule has 0 aromatic carbocycles. The van der Waals surface area contributed by atoms with Crippen molar-refractivity contribution in [3.63, 3.8) is 0 Å². The van der Waals surface area contributed by atoms with Gasteiger partial charge in [0.15, 0.2) is 0 Å². The Kier molecular flexibility index (Phi) is 1.97. The van der Waals surface area contributed by atoms with E-state index in [9.17, 15) is 4.79 Å². The van der Waals surface area contributed by atoms with Crippen molar-refractivity contribution in [2.24, 2.45) is 5.41 Å². The van der Waals surface area contributed by atoms with Gasteiger partial charge >= 0.3 is 0 Å². The summed E-state index contributed by atoms with van der Waals surface area (Å²) in [5.74, 6) is 0.277. The van der Waals surface area contributed by atoms with Gasteiger partial charge in [0.2, 0.25) is 5.91 Å². The highest BCUT2D eigenvalue weighted by atomic mass is 16.2. The lowest BCUT2D eigenvalue weighted by Crippen LogP contribution is -2.70. The van der Waals surface area contributed by atoms with Gasteiger partial charge in [-0.15, -0.1) is 0 Å². The summed E-state index contributed by atoms with van der Waals surface area (Å²) < 4.78 is 0. The number of hydrogen-bond acceptors (Lipinski definition) is 1. The Balaban J connectivity index is 2.72. The van der Waals surface area contributed by atoms with Crippen molar-refractivity contribution in [1.29, 1.82) is 0 Å². The first-order chi connectivity index (χ1) is 5.33. The largest absolute Gasteiger partial charge is 0.336 e. The second-order valence-electron chi connectivity index (χ2n) is 4.78. The fourth-order valence-corrected chi connectivity index (χ4v) is 1.65. The van der Waals surface area contributed by atoms with Crippen LogP contribution in [0.2, 0.25) is 0 Å². The lowest BCUT2D eigenvalue weighted by molar-refractivity contribution is -0.166. The Morgan fingerprint density at radius 2 is 1.83 bits per heavy atom. The highest BCUT2D eigenvalue weighted by Crippen LogP contribution is 2.46. The second-order valence-corrected chi connectivity index (χ2v) is 4.78. The van der Waals surface area contributed by atoms with Gasteiger partial charge in [-0.2, -0.15) is 0 Å². The first kappa shape index (κ1) is 9.56. The smallest absolute Gasteiger partial charge is 0.222 e. The molecule has 0 radical (unpaired) electrons. The van der Waals surface area contributed by atoms with Crippen molar-refractivity contribution in [2.45, 2.75) is 46.6 Å². The molecule has 0 spiro atoms. The van der Waals surface area contributed by atoms with E-state index >= 15 is 0 Å². The van der Waals surface area contributed by atoms with E-state index in [2.05, 4.69) is 27.7 Å². The molecule has 0 aromatic heterocycles. The molecule has 1 saturated heterocycles. The van der Waals surface area contributed by atoms with E-state index in [1.54, 1.807) is 0 Å². The maximum atomic E-state index is 11.4. The third-order valence-electron chi connectivity index (χ3n) is 3.49. The molecular formula is C10H19NO. The van der Waals surface area contributed by atoms with Crippen LogP contribution in [0.3, 0.4) is 0 Å². The first-order valence-corrected chi connectivity index (χ1v) is 4.63. The quantitative estimate of drug-likeness (QED) is 0.588. The van der Waals surface area contributed by atoms with Crippen molar-refractivity contribution in [1.82, 2.24) is 4.90 Å². The normalized spacial score (nSPS) is 24.9. The summed E-state index contributed by atoms with van der Waals surface area (Å²) in [7, 11) is 0. The van der Waals surface area contributed by atoms with Crippen LogP contribution >= 0.6 is 0 Å². The van der Waals surface area contributed by atoms with Crippen LogP contribution in [0.25, 0.3) is 0 Å². The van der Waals surface area contributed by atoms with Gasteiger partial charge in [0.05, 0.1) is 0 Å². The van der Waals surface area contributed by atoms with Crippen LogP contribution in [0.4, 0.5) is 0 Å². The zero-order valence-electron chi connectivity index (χ0n) is 8.77. The number of carbonyl (C=O) groups excluding carboxylic acids is 1. The topological polar surface area (TPSA) is 20.3 Å². The standard InChI is InChI=1S/C10H19NO/c1-6-8(12)11-7-9(2,3)10(11,4)5/h6-7H2,1-5H3. The molecule has 0 N–H and O–H groups in total. The van der Waals surface area contributed by atoms with Crippen molar-refractivity contribution in [3.8, 4) is 0 Å². The maximum Gasteiger partial charge on any atom is 0.222 e. The Bertz CT molecular complexity index is 206. The zero-order chi connectivity index (χ0) is 9.57. The van der Waals surface area contributed by atoms with Gasteiger partial charge in [0.25, 0.3) is 0 Å². The Labute approximate surface area is 74.9 Å². The van der Waals surface area contributed by atoms with Gasteiger partial charge in [0, 0.05) is 23.9 Å². The van der Waals surface area contributed by atoms with Crippen LogP contribution in [0.15, 0.2) is 0 Å². The van der Waals surface area contributed by atoms with Gasteiger partial charge in [-0.25, -0.2) is 0 Å². The molecule has 0 aromatic rings. The van der Waals surface area contributed by atoms with E-state index in [0.29, 0.717) is 6.42 Å². The van der Waals surface area contributed by atoms with Crippen molar-refractivity contribution < 1.29 is 4.79 Å². The van der Waals surface area contributed by atoms with E-state index in [-0.39, 0.29) is 16.9 Å². The predicted octanol–water partition coefficient (Wildman–Crippen LogP) is 2.04. The van der Waals surface area contributed by atoms with Gasteiger partial charge in [-0.1, -0.05) is 20.8 Å². The lowest BCUT2D eigenvalue weighted by Gasteiger charge is -2.61. The summed E-state index contributed by atoms with van der Waals surface area (Å²) in [6.07, 6.45) is 0.625. The van der Waals surface area contributed by atoms with Crippen LogP contribution in [0.1, 0.15) is 41.0 Å². The molecule has 1 heterocycles. The Morgan fingerprint density at radius 3 is 2.08 bits per heavy atom. The van der Waals surface area contributed by atoms with Gasteiger partial charge in [0.1, 0.15) is 0 Å². The number of nitrogens with zero attached hydrogens (tertiary/aromatic N) is 1. The summed E-state index contributed by atoms with van der Waals surface area (Å²) in [6.45, 7) is 11.5. The average Bonchev–Trinajstić information content (AvgIpc) is 1.99. The minimum atomic E-state index is 0.0418. The molecule has 0 atom stereocenters. The van der Waals surface area contributed by atoms with Gasteiger partial charge in [-0.3, -0.25) is 4.79 Å². The molecule has 1 rings (SSSR count). The average molecular weight is 169 g/mol. The maximum absolute atomic E-state index is 11.4. The van der Waals surface area contributed by atoms with E-state index in [1.165, 1.54) is 0 Å². The molecule has 70 valence electrons.